The topological polar surface area (TPSA) is 84.9 Å². The number of carbonyl (C=O) groups excluding carboxylic acids is 2. The third-order valence-electron chi connectivity index (χ3n) is 2.77. The molecule has 0 aromatic rings. The van der Waals surface area contributed by atoms with Crippen molar-refractivity contribution in [3.05, 3.63) is 0 Å². The Labute approximate surface area is 122 Å². The zero-order valence-electron chi connectivity index (χ0n) is 10.3. The molecule has 128 valence electrons. The second kappa shape index (κ2) is 6.60. The van der Waals surface area contributed by atoms with E-state index < -0.39 is 47.0 Å². The normalized spacial score (nSPS) is 20.3. The van der Waals surface area contributed by atoms with Gasteiger partial charge >= 0.3 is 23.1 Å². The highest BCUT2D eigenvalue weighted by Crippen LogP contribution is 2.53. The summed E-state index contributed by atoms with van der Waals surface area (Å²) in [7, 11) is 0. The zero-order chi connectivity index (χ0) is 17.2. The predicted molar refractivity (Wildman–Crippen MR) is 53.3 cm³/mol. The summed E-state index contributed by atoms with van der Waals surface area (Å²) in [5.74, 6) is -3.60. The number of ketones is 1. The molecule has 0 bridgehead atoms. The van der Waals surface area contributed by atoms with E-state index in [1.165, 1.54) is 0 Å². The number of halogens is 6. The minimum atomic E-state index is -6.23. The largest absolute Gasteiger partial charge is 0.691 e. The number of ether oxygens (including phenoxy) is 1. The van der Waals surface area contributed by atoms with Crippen LogP contribution >= 0.6 is 12.0 Å². The van der Waals surface area contributed by atoms with Gasteiger partial charge in [-0.2, -0.15) is 30.7 Å². The standard InChI is InChI=1S/C9H8F6O6S/c10-8(11,12)7(9(13,14)15,22-21-20-18)6(17)19-5-3-1-2-4(5)16/h5,18H,1-3H2/p-1. The second-order valence-corrected chi connectivity index (χ2v) is 5.06. The lowest BCUT2D eigenvalue weighted by molar-refractivity contribution is -0.777. The van der Waals surface area contributed by atoms with Gasteiger partial charge in [0, 0.05) is 6.42 Å². The van der Waals surface area contributed by atoms with Crippen LogP contribution in [0.15, 0.2) is 0 Å². The minimum absolute atomic E-state index is 0.129. The van der Waals surface area contributed by atoms with E-state index in [1.54, 1.807) is 0 Å². The molecule has 22 heavy (non-hydrogen) atoms. The van der Waals surface area contributed by atoms with Crippen LogP contribution in [-0.4, -0.2) is 35.0 Å². The Hall–Kier alpha value is -1.05. The van der Waals surface area contributed by atoms with E-state index in [2.05, 4.69) is 14.1 Å². The summed E-state index contributed by atoms with van der Waals surface area (Å²) in [4.78, 5) is 22.7. The molecule has 1 saturated carbocycles. The summed E-state index contributed by atoms with van der Waals surface area (Å²) in [6, 6.07) is 0. The number of hydrogen-bond acceptors (Lipinski definition) is 7. The first-order valence-electron chi connectivity index (χ1n) is 5.49. The molecule has 13 heteroatoms. The predicted octanol–water partition coefficient (Wildman–Crippen LogP) is 1.39. The highest BCUT2D eigenvalue weighted by molar-refractivity contribution is 7.96. The van der Waals surface area contributed by atoms with Crippen LogP contribution in [0.25, 0.3) is 0 Å². The van der Waals surface area contributed by atoms with Gasteiger partial charge in [-0.15, -0.1) is 0 Å². The molecule has 1 aliphatic carbocycles. The molecule has 0 aromatic carbocycles. The molecule has 0 radical (unpaired) electrons. The molecular weight excluding hydrogens is 350 g/mol. The quantitative estimate of drug-likeness (QED) is 0.242. The monoisotopic (exact) mass is 357 g/mol. The van der Waals surface area contributed by atoms with Gasteiger partial charge in [-0.1, -0.05) is 0 Å². The van der Waals surface area contributed by atoms with Crippen LogP contribution in [0.3, 0.4) is 0 Å². The van der Waals surface area contributed by atoms with Crippen molar-refractivity contribution in [3.8, 4) is 0 Å². The van der Waals surface area contributed by atoms with Crippen LogP contribution in [0.4, 0.5) is 26.3 Å². The molecule has 1 rings (SSSR count). The fraction of sp³-hybridized carbons (Fsp3) is 0.778. The Morgan fingerprint density at radius 2 is 1.73 bits per heavy atom. The van der Waals surface area contributed by atoms with Crippen molar-refractivity contribution in [1.29, 1.82) is 0 Å². The average Bonchev–Trinajstić information content (AvgIpc) is 2.72. The van der Waals surface area contributed by atoms with Crippen LogP contribution in [0.5, 0.6) is 0 Å². The zero-order valence-corrected chi connectivity index (χ0v) is 11.1. The number of carbonyl (C=O) groups is 2. The Bertz CT molecular complexity index is 421. The molecule has 0 saturated heterocycles. The van der Waals surface area contributed by atoms with Crippen LogP contribution < -0.4 is 5.26 Å². The first kappa shape index (κ1) is 19.0. The number of rotatable bonds is 5. The molecule has 1 unspecified atom stereocenters. The number of Topliss-reactive ketones (excluding diaryl/α,β-unsaturated/α-hetero) is 1. The van der Waals surface area contributed by atoms with Gasteiger partial charge < -0.3 is 9.99 Å². The Morgan fingerprint density at radius 3 is 2.09 bits per heavy atom. The van der Waals surface area contributed by atoms with Crippen molar-refractivity contribution in [2.45, 2.75) is 42.5 Å². The first-order chi connectivity index (χ1) is 9.97. The second-order valence-electron chi connectivity index (χ2n) is 4.15. The molecule has 0 heterocycles. The lowest BCUT2D eigenvalue weighted by Crippen LogP contribution is -2.61. The van der Waals surface area contributed by atoms with E-state index in [1.807, 2.05) is 0 Å². The first-order valence-corrected chi connectivity index (χ1v) is 6.23. The summed E-state index contributed by atoms with van der Waals surface area (Å²) >= 11 is -1.59. The number of hydrogen-bond donors (Lipinski definition) is 0. The molecule has 0 aromatic heterocycles. The van der Waals surface area contributed by atoms with Gasteiger partial charge in [0.05, 0.1) is 12.0 Å². The molecule has 6 nitrogen and oxygen atoms in total. The maximum absolute atomic E-state index is 12.9. The summed E-state index contributed by atoms with van der Waals surface area (Å²) < 4.78 is 79.0. The molecule has 1 aliphatic rings. The van der Waals surface area contributed by atoms with Gasteiger partial charge in [0.1, 0.15) is 0 Å². The van der Waals surface area contributed by atoms with Gasteiger partial charge in [-0.3, -0.25) is 9.83 Å². The van der Waals surface area contributed by atoms with Crippen molar-refractivity contribution in [2.24, 2.45) is 0 Å². The fourth-order valence-electron chi connectivity index (χ4n) is 1.71. The number of esters is 1. The third kappa shape index (κ3) is 3.47. The number of alkyl halides is 6. The van der Waals surface area contributed by atoms with E-state index in [4.69, 9.17) is 0 Å². The van der Waals surface area contributed by atoms with Gasteiger partial charge in [-0.25, -0.2) is 4.79 Å². The summed E-state index contributed by atoms with van der Waals surface area (Å²) in [5.41, 5.74) is 0. The highest BCUT2D eigenvalue weighted by atomic mass is 32.2. The molecule has 0 spiro atoms. The van der Waals surface area contributed by atoms with Crippen molar-refractivity contribution in [1.82, 2.24) is 0 Å². The Kier molecular flexibility index (Phi) is 5.70. The Balaban J connectivity index is 3.17. The van der Waals surface area contributed by atoms with E-state index in [0.29, 0.717) is 0 Å². The summed E-state index contributed by atoms with van der Waals surface area (Å²) in [5, 5.41) is 12.0. The van der Waals surface area contributed by atoms with Crippen molar-refractivity contribution < 1.29 is 55.3 Å². The lowest BCUT2D eigenvalue weighted by atomic mass is 10.1. The maximum atomic E-state index is 12.9. The van der Waals surface area contributed by atoms with Gasteiger partial charge in [0.25, 0.3) is 0 Å². The van der Waals surface area contributed by atoms with Gasteiger partial charge in [0.15, 0.2) is 11.9 Å². The van der Waals surface area contributed by atoms with Gasteiger partial charge in [-0.05, 0) is 12.8 Å². The van der Waals surface area contributed by atoms with E-state index in [9.17, 15) is 41.2 Å². The molecular formula is C9H7F6O6S-. The van der Waals surface area contributed by atoms with Crippen LogP contribution in [-0.2, 0) is 23.7 Å². The molecule has 0 amide bonds. The minimum Gasteiger partial charge on any atom is -0.691 e. The molecule has 0 aliphatic heterocycles. The van der Waals surface area contributed by atoms with Crippen LogP contribution in [0.1, 0.15) is 19.3 Å². The highest BCUT2D eigenvalue weighted by Gasteiger charge is 2.79. The third-order valence-corrected chi connectivity index (χ3v) is 3.77. The fourth-order valence-corrected chi connectivity index (χ4v) is 2.14. The summed E-state index contributed by atoms with van der Waals surface area (Å²) in [6.45, 7) is 0. The van der Waals surface area contributed by atoms with Crippen molar-refractivity contribution in [3.63, 3.8) is 0 Å². The lowest BCUT2D eigenvalue weighted by Gasteiger charge is -2.33. The molecule has 1 fully saturated rings. The van der Waals surface area contributed by atoms with E-state index in [-0.39, 0.29) is 19.3 Å². The van der Waals surface area contributed by atoms with Crippen LogP contribution in [0, 0.1) is 0 Å². The van der Waals surface area contributed by atoms with Crippen molar-refractivity contribution >= 4 is 23.8 Å². The SMILES string of the molecule is O=C1CCCC1OC(=O)C(SOO[O-])(C(F)(F)F)C(F)(F)F. The Morgan fingerprint density at radius 1 is 1.18 bits per heavy atom. The molecule has 0 N–H and O–H groups in total. The van der Waals surface area contributed by atoms with Crippen molar-refractivity contribution in [2.75, 3.05) is 0 Å². The van der Waals surface area contributed by atoms with E-state index in [0.717, 1.165) is 0 Å². The van der Waals surface area contributed by atoms with Crippen LogP contribution in [0.2, 0.25) is 0 Å². The van der Waals surface area contributed by atoms with E-state index >= 15 is 0 Å². The average molecular weight is 357 g/mol. The van der Waals surface area contributed by atoms with Gasteiger partial charge in [0.2, 0.25) is 0 Å². The smallest absolute Gasteiger partial charge is 0.425 e. The molecule has 1 atom stereocenters. The summed E-state index contributed by atoms with van der Waals surface area (Å²) in [6.07, 6.45) is -14.3. The maximum Gasteiger partial charge on any atom is 0.425 e.